The molecule has 1 heterocycles. The van der Waals surface area contributed by atoms with E-state index >= 15 is 0 Å². The number of ether oxygens (including phenoxy) is 1. The van der Waals surface area contributed by atoms with Gasteiger partial charge in [-0.15, -0.1) is 0 Å². The SMILES string of the molecule is CCn1nc(C(=O)OC)cc1C(C)(C)C. The fourth-order valence-corrected chi connectivity index (χ4v) is 1.47. The highest BCUT2D eigenvalue weighted by Gasteiger charge is 2.22. The van der Waals surface area contributed by atoms with E-state index in [0.29, 0.717) is 5.69 Å². The number of nitrogens with zero attached hydrogens (tertiary/aromatic N) is 2. The van der Waals surface area contributed by atoms with Crippen molar-refractivity contribution in [2.24, 2.45) is 0 Å². The van der Waals surface area contributed by atoms with Gasteiger partial charge in [-0.25, -0.2) is 4.79 Å². The molecule has 0 fully saturated rings. The molecule has 1 aromatic heterocycles. The Balaban J connectivity index is 3.17. The molecule has 0 aliphatic carbocycles. The minimum Gasteiger partial charge on any atom is -0.464 e. The van der Waals surface area contributed by atoms with Gasteiger partial charge in [-0.1, -0.05) is 20.8 Å². The van der Waals surface area contributed by atoms with E-state index in [4.69, 9.17) is 0 Å². The van der Waals surface area contributed by atoms with E-state index in [0.717, 1.165) is 12.2 Å². The lowest BCUT2D eigenvalue weighted by Crippen LogP contribution is -2.17. The molecule has 0 aliphatic rings. The van der Waals surface area contributed by atoms with Crippen LogP contribution in [0.4, 0.5) is 0 Å². The second-order valence-electron chi connectivity index (χ2n) is 4.47. The van der Waals surface area contributed by atoms with Gasteiger partial charge in [-0.3, -0.25) is 4.68 Å². The number of methoxy groups -OCH3 is 1. The third kappa shape index (κ3) is 2.37. The van der Waals surface area contributed by atoms with Crippen molar-refractivity contribution in [2.75, 3.05) is 7.11 Å². The second-order valence-corrected chi connectivity index (χ2v) is 4.47. The highest BCUT2D eigenvalue weighted by atomic mass is 16.5. The van der Waals surface area contributed by atoms with Gasteiger partial charge in [-0.2, -0.15) is 5.10 Å². The molecule has 0 aromatic carbocycles. The Morgan fingerprint density at radius 1 is 1.53 bits per heavy atom. The summed E-state index contributed by atoms with van der Waals surface area (Å²) in [6.45, 7) is 9.04. The summed E-state index contributed by atoms with van der Waals surface area (Å²) < 4.78 is 6.49. The maximum absolute atomic E-state index is 11.3. The molecular formula is C11H18N2O2. The largest absolute Gasteiger partial charge is 0.464 e. The van der Waals surface area contributed by atoms with Crippen molar-refractivity contribution in [1.82, 2.24) is 9.78 Å². The molecule has 0 radical (unpaired) electrons. The molecule has 0 unspecified atom stereocenters. The fourth-order valence-electron chi connectivity index (χ4n) is 1.47. The number of aromatic nitrogens is 2. The van der Waals surface area contributed by atoms with Crippen LogP contribution in [0, 0.1) is 0 Å². The van der Waals surface area contributed by atoms with E-state index in [9.17, 15) is 4.79 Å². The van der Waals surface area contributed by atoms with E-state index < -0.39 is 0 Å². The summed E-state index contributed by atoms with van der Waals surface area (Å²) in [4.78, 5) is 11.3. The molecule has 0 bridgehead atoms. The van der Waals surface area contributed by atoms with Crippen LogP contribution in [-0.2, 0) is 16.7 Å². The lowest BCUT2D eigenvalue weighted by Gasteiger charge is -2.19. The predicted octanol–water partition coefficient (Wildman–Crippen LogP) is 1.99. The first-order valence-corrected chi connectivity index (χ1v) is 5.06. The van der Waals surface area contributed by atoms with Gasteiger partial charge in [0.2, 0.25) is 0 Å². The van der Waals surface area contributed by atoms with Gasteiger partial charge in [0.25, 0.3) is 0 Å². The average Bonchev–Trinajstić information content (AvgIpc) is 2.59. The van der Waals surface area contributed by atoms with Crippen molar-refractivity contribution in [1.29, 1.82) is 0 Å². The number of carbonyl (C=O) groups is 1. The minimum absolute atomic E-state index is 0.0186. The lowest BCUT2D eigenvalue weighted by atomic mass is 9.92. The first-order chi connectivity index (χ1) is 6.90. The highest BCUT2D eigenvalue weighted by Crippen LogP contribution is 2.23. The van der Waals surface area contributed by atoms with Crippen LogP contribution in [0.3, 0.4) is 0 Å². The van der Waals surface area contributed by atoms with Gasteiger partial charge in [0.05, 0.1) is 7.11 Å². The molecule has 84 valence electrons. The lowest BCUT2D eigenvalue weighted by molar-refractivity contribution is 0.0593. The zero-order chi connectivity index (χ0) is 11.6. The van der Waals surface area contributed by atoms with Crippen molar-refractivity contribution in [3.63, 3.8) is 0 Å². The highest BCUT2D eigenvalue weighted by molar-refractivity contribution is 5.87. The van der Waals surface area contributed by atoms with Crippen molar-refractivity contribution >= 4 is 5.97 Å². The Morgan fingerprint density at radius 3 is 2.47 bits per heavy atom. The zero-order valence-electron chi connectivity index (χ0n) is 10.00. The second kappa shape index (κ2) is 4.04. The van der Waals surface area contributed by atoms with Crippen molar-refractivity contribution in [3.8, 4) is 0 Å². The molecule has 0 N–H and O–H groups in total. The van der Waals surface area contributed by atoms with Crippen molar-refractivity contribution in [2.45, 2.75) is 39.7 Å². The van der Waals surface area contributed by atoms with E-state index in [1.54, 1.807) is 6.07 Å². The maximum Gasteiger partial charge on any atom is 0.358 e. The van der Waals surface area contributed by atoms with Gasteiger partial charge < -0.3 is 4.74 Å². The van der Waals surface area contributed by atoms with Crippen LogP contribution in [0.5, 0.6) is 0 Å². The molecule has 0 spiro atoms. The molecule has 0 saturated heterocycles. The predicted molar refractivity (Wildman–Crippen MR) is 57.9 cm³/mol. The van der Waals surface area contributed by atoms with Gasteiger partial charge in [-0.05, 0) is 13.0 Å². The van der Waals surface area contributed by atoms with E-state index in [-0.39, 0.29) is 11.4 Å². The summed E-state index contributed by atoms with van der Waals surface area (Å²) >= 11 is 0. The van der Waals surface area contributed by atoms with Crippen LogP contribution in [0.2, 0.25) is 0 Å². The smallest absolute Gasteiger partial charge is 0.358 e. The normalized spacial score (nSPS) is 11.5. The van der Waals surface area contributed by atoms with E-state index in [1.807, 2.05) is 11.6 Å². The topological polar surface area (TPSA) is 44.1 Å². The van der Waals surface area contributed by atoms with E-state index in [2.05, 4.69) is 30.6 Å². The Hall–Kier alpha value is -1.32. The molecule has 15 heavy (non-hydrogen) atoms. The number of esters is 1. The average molecular weight is 210 g/mol. The number of aryl methyl sites for hydroxylation is 1. The van der Waals surface area contributed by atoms with Gasteiger partial charge in [0, 0.05) is 17.7 Å². The molecule has 1 rings (SSSR count). The zero-order valence-corrected chi connectivity index (χ0v) is 10.00. The van der Waals surface area contributed by atoms with Crippen LogP contribution in [0.1, 0.15) is 43.9 Å². The molecule has 0 amide bonds. The summed E-state index contributed by atoms with van der Waals surface area (Å²) in [6.07, 6.45) is 0. The van der Waals surface area contributed by atoms with Crippen LogP contribution in [0.15, 0.2) is 6.07 Å². The van der Waals surface area contributed by atoms with Crippen molar-refractivity contribution < 1.29 is 9.53 Å². The molecule has 0 aliphatic heterocycles. The van der Waals surface area contributed by atoms with Crippen molar-refractivity contribution in [3.05, 3.63) is 17.5 Å². The first-order valence-electron chi connectivity index (χ1n) is 5.06. The van der Waals surface area contributed by atoms with Gasteiger partial charge >= 0.3 is 5.97 Å². The first kappa shape index (κ1) is 11.8. The monoisotopic (exact) mass is 210 g/mol. The molecule has 4 heteroatoms. The maximum atomic E-state index is 11.3. The number of carbonyl (C=O) groups excluding carboxylic acids is 1. The molecule has 4 nitrogen and oxygen atoms in total. The van der Waals surface area contributed by atoms with Gasteiger partial charge in [0.15, 0.2) is 5.69 Å². The number of rotatable bonds is 2. The van der Waals surface area contributed by atoms with Crippen LogP contribution in [0.25, 0.3) is 0 Å². The Morgan fingerprint density at radius 2 is 2.13 bits per heavy atom. The number of hydrogen-bond acceptors (Lipinski definition) is 3. The van der Waals surface area contributed by atoms with Crippen LogP contribution < -0.4 is 0 Å². The molecule has 0 saturated carbocycles. The standard InChI is InChI=1S/C11H18N2O2/c1-6-13-9(11(2,3)4)7-8(12-13)10(14)15-5/h7H,6H2,1-5H3. The third-order valence-corrected chi connectivity index (χ3v) is 2.24. The molecular weight excluding hydrogens is 192 g/mol. The summed E-state index contributed by atoms with van der Waals surface area (Å²) in [5.74, 6) is -0.382. The Bertz CT molecular complexity index is 361. The summed E-state index contributed by atoms with van der Waals surface area (Å²) in [5.41, 5.74) is 1.41. The third-order valence-electron chi connectivity index (χ3n) is 2.24. The van der Waals surface area contributed by atoms with Crippen LogP contribution >= 0.6 is 0 Å². The summed E-state index contributed by atoms with van der Waals surface area (Å²) in [5, 5.41) is 4.21. The Kier molecular flexibility index (Phi) is 3.17. The van der Waals surface area contributed by atoms with Crippen LogP contribution in [-0.4, -0.2) is 22.9 Å². The van der Waals surface area contributed by atoms with E-state index in [1.165, 1.54) is 7.11 Å². The molecule has 0 atom stereocenters. The fraction of sp³-hybridized carbons (Fsp3) is 0.636. The molecule has 1 aromatic rings. The Labute approximate surface area is 90.2 Å². The van der Waals surface area contributed by atoms with Gasteiger partial charge in [0.1, 0.15) is 0 Å². The quantitative estimate of drug-likeness (QED) is 0.701. The summed E-state index contributed by atoms with van der Waals surface area (Å²) in [6, 6.07) is 1.80. The summed E-state index contributed by atoms with van der Waals surface area (Å²) in [7, 11) is 1.37. The minimum atomic E-state index is -0.382. The number of hydrogen-bond donors (Lipinski definition) is 0.